The van der Waals surface area contributed by atoms with Crippen molar-refractivity contribution < 1.29 is 13.2 Å². The molecular weight excluding hydrogens is 440 g/mol. The minimum atomic E-state index is -3.54. The van der Waals surface area contributed by atoms with E-state index >= 15 is 0 Å². The van der Waals surface area contributed by atoms with E-state index in [1.165, 1.54) is 0 Å². The van der Waals surface area contributed by atoms with Gasteiger partial charge in [0.25, 0.3) is 0 Å². The van der Waals surface area contributed by atoms with Crippen molar-refractivity contribution in [1.82, 2.24) is 9.97 Å². The molecule has 0 radical (unpaired) electrons. The maximum absolute atomic E-state index is 11.9. The largest absolute Gasteiger partial charge is 0.378 e. The zero-order valence-corrected chi connectivity index (χ0v) is 19.0. The fraction of sp³-hybridized carbons (Fsp3) is 0.261. The van der Waals surface area contributed by atoms with E-state index in [-0.39, 0.29) is 6.54 Å². The third-order valence-corrected chi connectivity index (χ3v) is 6.36. The highest BCUT2D eigenvalue weighted by Crippen LogP contribution is 2.25. The van der Waals surface area contributed by atoms with Gasteiger partial charge in [0.1, 0.15) is 6.54 Å². The first-order valence-electron chi connectivity index (χ1n) is 10.4. The monoisotopic (exact) mass is 464 g/mol. The second-order valence-corrected chi connectivity index (χ2v) is 9.42. The molecule has 1 aromatic heterocycles. The quantitative estimate of drug-likeness (QED) is 0.531. The number of ether oxygens (including phenoxy) is 1. The van der Waals surface area contributed by atoms with Crippen LogP contribution in [-0.4, -0.2) is 57.5 Å². The SMILES string of the molecule is CS(=O)(=O)N(CC#N)c1ccc(-c2ccnc(Nc3ccc(N4CCOCC4)cc3)n2)cc1. The van der Waals surface area contributed by atoms with Gasteiger partial charge in [-0.3, -0.25) is 4.31 Å². The third kappa shape index (κ3) is 5.58. The Morgan fingerprint density at radius 3 is 2.42 bits per heavy atom. The molecule has 4 rings (SSSR count). The molecule has 1 aliphatic heterocycles. The number of rotatable bonds is 7. The Balaban J connectivity index is 1.48. The number of nitrogens with zero attached hydrogens (tertiary/aromatic N) is 5. The summed E-state index contributed by atoms with van der Waals surface area (Å²) in [6.45, 7) is 3.01. The summed E-state index contributed by atoms with van der Waals surface area (Å²) >= 11 is 0. The molecule has 9 nitrogen and oxygen atoms in total. The molecule has 2 aromatic carbocycles. The topological polar surface area (TPSA) is 111 Å². The lowest BCUT2D eigenvalue weighted by atomic mass is 10.1. The lowest BCUT2D eigenvalue weighted by Gasteiger charge is -2.28. The number of nitriles is 1. The van der Waals surface area contributed by atoms with Crippen LogP contribution in [-0.2, 0) is 14.8 Å². The Kier molecular flexibility index (Phi) is 6.72. The molecule has 33 heavy (non-hydrogen) atoms. The van der Waals surface area contributed by atoms with E-state index in [1.807, 2.05) is 18.2 Å². The highest BCUT2D eigenvalue weighted by molar-refractivity contribution is 7.92. The Morgan fingerprint density at radius 2 is 1.79 bits per heavy atom. The normalized spacial score (nSPS) is 13.9. The van der Waals surface area contributed by atoms with E-state index in [2.05, 4.69) is 32.3 Å². The highest BCUT2D eigenvalue weighted by atomic mass is 32.2. The second kappa shape index (κ2) is 9.85. The number of sulfonamides is 1. The average molecular weight is 465 g/mol. The fourth-order valence-corrected chi connectivity index (χ4v) is 4.35. The molecule has 1 saturated heterocycles. The lowest BCUT2D eigenvalue weighted by Crippen LogP contribution is -2.36. The van der Waals surface area contributed by atoms with Gasteiger partial charge in [-0.25, -0.2) is 18.4 Å². The van der Waals surface area contributed by atoms with Crippen LogP contribution in [0.3, 0.4) is 0 Å². The van der Waals surface area contributed by atoms with E-state index < -0.39 is 10.0 Å². The van der Waals surface area contributed by atoms with Gasteiger partial charge in [0.05, 0.1) is 36.9 Å². The van der Waals surface area contributed by atoms with Crippen LogP contribution in [0.25, 0.3) is 11.3 Å². The van der Waals surface area contributed by atoms with Crippen LogP contribution >= 0.6 is 0 Å². The average Bonchev–Trinajstić information content (AvgIpc) is 2.83. The molecule has 0 bridgehead atoms. The van der Waals surface area contributed by atoms with Crippen LogP contribution in [0.4, 0.5) is 23.0 Å². The molecule has 0 atom stereocenters. The molecule has 3 aromatic rings. The summed E-state index contributed by atoms with van der Waals surface area (Å²) < 4.78 is 30.4. The fourth-order valence-electron chi connectivity index (χ4n) is 3.55. The van der Waals surface area contributed by atoms with Crippen LogP contribution in [0.5, 0.6) is 0 Å². The van der Waals surface area contributed by atoms with Gasteiger partial charge in [-0.2, -0.15) is 5.26 Å². The predicted octanol–water partition coefficient (Wildman–Crippen LogP) is 3.01. The van der Waals surface area contributed by atoms with Crippen molar-refractivity contribution in [3.63, 3.8) is 0 Å². The summed E-state index contributed by atoms with van der Waals surface area (Å²) in [5.74, 6) is 0.456. The van der Waals surface area contributed by atoms with Crippen molar-refractivity contribution in [2.24, 2.45) is 0 Å². The molecule has 0 saturated carbocycles. The summed E-state index contributed by atoms with van der Waals surface area (Å²) in [4.78, 5) is 11.2. The van der Waals surface area contributed by atoms with Gasteiger partial charge in [0.15, 0.2) is 0 Å². The molecule has 0 aliphatic carbocycles. The molecule has 170 valence electrons. The van der Waals surface area contributed by atoms with E-state index in [4.69, 9.17) is 10.00 Å². The zero-order chi connectivity index (χ0) is 23.3. The first-order chi connectivity index (χ1) is 15.9. The van der Waals surface area contributed by atoms with E-state index in [0.717, 1.165) is 53.8 Å². The molecule has 1 aliphatic rings. The number of benzene rings is 2. The summed E-state index contributed by atoms with van der Waals surface area (Å²) in [5.41, 5.74) is 3.95. The standard InChI is InChI=1S/C23H24N6O3S/c1-33(30,31)29(13-11-24)21-6-2-18(3-7-21)22-10-12-25-23(27-22)26-19-4-8-20(9-5-19)28-14-16-32-17-15-28/h2-10,12H,13-17H2,1H3,(H,25,26,27). The van der Waals surface area contributed by atoms with Gasteiger partial charge in [0.2, 0.25) is 16.0 Å². The first-order valence-corrected chi connectivity index (χ1v) is 12.3. The molecule has 2 heterocycles. The molecule has 0 amide bonds. The van der Waals surface area contributed by atoms with Gasteiger partial charge >= 0.3 is 0 Å². The number of aromatic nitrogens is 2. The van der Waals surface area contributed by atoms with Crippen molar-refractivity contribution >= 4 is 33.0 Å². The minimum Gasteiger partial charge on any atom is -0.378 e. The van der Waals surface area contributed by atoms with Gasteiger partial charge in [-0.15, -0.1) is 0 Å². The zero-order valence-electron chi connectivity index (χ0n) is 18.2. The summed E-state index contributed by atoms with van der Waals surface area (Å²) in [6.07, 6.45) is 2.74. The molecular formula is C23H24N6O3S. The van der Waals surface area contributed by atoms with Gasteiger partial charge < -0.3 is 15.0 Å². The number of morpholine rings is 1. The Bertz CT molecular complexity index is 1230. The highest BCUT2D eigenvalue weighted by Gasteiger charge is 2.17. The molecule has 0 spiro atoms. The summed E-state index contributed by atoms with van der Waals surface area (Å²) in [5, 5.41) is 12.2. The lowest BCUT2D eigenvalue weighted by molar-refractivity contribution is 0.122. The van der Waals surface area contributed by atoms with Crippen molar-refractivity contribution in [3.05, 3.63) is 60.8 Å². The van der Waals surface area contributed by atoms with Crippen LogP contribution in [0, 0.1) is 11.3 Å². The third-order valence-electron chi connectivity index (χ3n) is 5.22. The Hall–Kier alpha value is -3.68. The number of anilines is 4. The Labute approximate surface area is 193 Å². The molecule has 1 N–H and O–H groups in total. The van der Waals surface area contributed by atoms with Crippen LogP contribution in [0.1, 0.15) is 0 Å². The summed E-state index contributed by atoms with van der Waals surface area (Å²) in [6, 6.07) is 18.6. The second-order valence-electron chi connectivity index (χ2n) is 7.51. The summed E-state index contributed by atoms with van der Waals surface area (Å²) in [7, 11) is -3.54. The van der Waals surface area contributed by atoms with Crippen molar-refractivity contribution in [2.75, 3.05) is 53.6 Å². The smallest absolute Gasteiger partial charge is 0.233 e. The minimum absolute atomic E-state index is 0.246. The van der Waals surface area contributed by atoms with Gasteiger partial charge in [0, 0.05) is 36.2 Å². The van der Waals surface area contributed by atoms with Crippen LogP contribution in [0.15, 0.2) is 60.8 Å². The van der Waals surface area contributed by atoms with Crippen LogP contribution < -0.4 is 14.5 Å². The number of hydrogen-bond donors (Lipinski definition) is 1. The first kappa shape index (κ1) is 22.5. The van der Waals surface area contributed by atoms with Gasteiger partial charge in [-0.05, 0) is 42.5 Å². The maximum atomic E-state index is 11.9. The van der Waals surface area contributed by atoms with Crippen molar-refractivity contribution in [2.45, 2.75) is 0 Å². The number of nitrogens with one attached hydrogen (secondary N) is 1. The van der Waals surface area contributed by atoms with Gasteiger partial charge in [-0.1, -0.05) is 12.1 Å². The molecule has 1 fully saturated rings. The number of hydrogen-bond acceptors (Lipinski definition) is 8. The van der Waals surface area contributed by atoms with E-state index in [0.29, 0.717) is 17.3 Å². The molecule has 10 heteroatoms. The maximum Gasteiger partial charge on any atom is 0.233 e. The Morgan fingerprint density at radius 1 is 1.09 bits per heavy atom. The van der Waals surface area contributed by atoms with E-state index in [1.54, 1.807) is 36.5 Å². The van der Waals surface area contributed by atoms with Crippen molar-refractivity contribution in [3.8, 4) is 17.3 Å². The van der Waals surface area contributed by atoms with Crippen LogP contribution in [0.2, 0.25) is 0 Å². The van der Waals surface area contributed by atoms with E-state index in [9.17, 15) is 8.42 Å². The van der Waals surface area contributed by atoms with Crippen molar-refractivity contribution in [1.29, 1.82) is 5.26 Å². The molecule has 0 unspecified atom stereocenters. The predicted molar refractivity (Wildman–Crippen MR) is 128 cm³/mol.